The molecule has 0 unspecified atom stereocenters. The normalized spacial score (nSPS) is 12.6. The Morgan fingerprint density at radius 1 is 0.455 bits per heavy atom. The standard InChI is InChI=1S/C24H19NO4S.C17H15NO4.C14H10O2S2.I6S/c26-14-16-7-1-6-12-22(16)30-23(27)13-25-24(28)29-15-21-19-10-4-2-8-17(19)18-9-3-5-11-20(18)21;19-16(20)9-18-17(21)22-10-15-13-7-3-1-5-11(13)12-6-2-4-8-14(12)15;15-9-11-5-1-3-7-13(11)17-18-14-8-4-2-6-12(14)10-16;1-7(2,3,4,5)6/h1-12,14,21H,13,15H2,(H,25,28);1-8,15H,9-10H2,(H,18,21)(H,19,20);1-10H;. The van der Waals surface area contributed by atoms with Crippen LogP contribution < -0.4 is 10.6 Å². The van der Waals surface area contributed by atoms with Crippen molar-refractivity contribution in [2.24, 2.45) is 0 Å². The topological polar surface area (TPSA) is 182 Å². The number of aldehydes is 3. The first kappa shape index (κ1) is 63.2. The highest BCUT2D eigenvalue weighted by molar-refractivity contribution is 14.9. The number of amides is 2. The van der Waals surface area contributed by atoms with Gasteiger partial charge in [0, 0.05) is 170 Å². The van der Waals surface area contributed by atoms with E-state index in [9.17, 15) is 33.6 Å². The van der Waals surface area contributed by atoms with Gasteiger partial charge >= 0.3 is 18.2 Å². The molecule has 0 radical (unpaired) electrons. The number of hydrogen-bond donors (Lipinski definition) is 3. The Hall–Kier alpha value is -2.99. The van der Waals surface area contributed by atoms with Crippen molar-refractivity contribution < 1.29 is 48.1 Å². The second-order valence-corrected chi connectivity index (χ2v) is 137. The zero-order valence-corrected chi connectivity index (χ0v) is 56.1. The van der Waals surface area contributed by atoms with Gasteiger partial charge < -0.3 is 25.2 Å². The average Bonchev–Trinajstić information content (AvgIpc) is 3.95. The molecular weight excluding hydrogens is 1740 g/mol. The molecule has 7 aromatic carbocycles. The van der Waals surface area contributed by atoms with E-state index in [-0.39, 0.29) is 36.7 Å². The third-order valence-corrected chi connectivity index (χ3v) is 14.5. The molecule has 2 amide bonds. The van der Waals surface area contributed by atoms with Gasteiger partial charge in [0.25, 0.3) is 0 Å². The minimum Gasteiger partial charge on any atom is -0.480 e. The molecule has 7 aromatic rings. The highest BCUT2D eigenvalue weighted by Crippen LogP contribution is 3.22. The van der Waals surface area contributed by atoms with Crippen LogP contribution in [-0.2, 0) is 19.1 Å². The number of alkyl carbamates (subject to hydrolysis) is 2. The highest BCUT2D eigenvalue weighted by atomic mass is 127. The minimum absolute atomic E-state index is 0.0250. The fourth-order valence-corrected chi connectivity index (χ4v) is 10.9. The van der Waals surface area contributed by atoms with Crippen LogP contribution in [-0.4, -0.2) is 73.5 Å². The molecule has 0 aromatic heterocycles. The molecule has 9 rings (SSSR count). The number of halogens is 6. The first-order valence-corrected chi connectivity index (χ1v) is 43.4. The molecule has 2 aliphatic rings. The predicted octanol–water partition coefficient (Wildman–Crippen LogP) is 17.3. The maximum Gasteiger partial charge on any atom is 0.407 e. The van der Waals surface area contributed by atoms with Crippen LogP contribution in [0.1, 0.15) is 65.2 Å². The molecule has 3 N–H and O–H groups in total. The quantitative estimate of drug-likeness (QED) is 0.0382. The first-order chi connectivity index (χ1) is 36.6. The molecule has 77 heavy (non-hydrogen) atoms. The lowest BCUT2D eigenvalue weighted by atomic mass is 9.98. The molecule has 2 aliphatic carbocycles. The fourth-order valence-electron chi connectivity index (χ4n) is 7.82. The number of rotatable bonds is 15. The van der Waals surface area contributed by atoms with Crippen LogP contribution >= 0.6 is 152 Å². The van der Waals surface area contributed by atoms with Gasteiger partial charge in [-0.25, -0.2) is 9.59 Å². The van der Waals surface area contributed by atoms with Crippen molar-refractivity contribution in [3.05, 3.63) is 209 Å². The van der Waals surface area contributed by atoms with E-state index in [2.05, 4.69) is 162 Å². The molecule has 0 spiro atoms. The van der Waals surface area contributed by atoms with Crippen molar-refractivity contribution in [1.29, 1.82) is 0 Å². The van der Waals surface area contributed by atoms with Gasteiger partial charge in [-0.15, -0.1) is 0 Å². The zero-order valence-electron chi connectivity index (χ0n) is 39.9. The van der Waals surface area contributed by atoms with Gasteiger partial charge in [-0.2, -0.15) is 0 Å². The van der Waals surface area contributed by atoms with E-state index in [0.717, 1.165) is 78.6 Å². The van der Waals surface area contributed by atoms with E-state index in [1.165, 1.54) is 21.6 Å². The molecule has 0 saturated heterocycles. The van der Waals surface area contributed by atoms with E-state index in [1.807, 2.05) is 109 Å². The summed E-state index contributed by atoms with van der Waals surface area (Å²) in [6.07, 6.45) is 1.02. The number of ether oxygens (including phenoxy) is 2. The largest absolute Gasteiger partial charge is 0.480 e. The van der Waals surface area contributed by atoms with Gasteiger partial charge in [-0.1, -0.05) is 173 Å². The molecule has 400 valence electrons. The summed E-state index contributed by atoms with van der Waals surface area (Å²) < 4.78 is 8.94. The Morgan fingerprint density at radius 3 is 1.08 bits per heavy atom. The summed E-state index contributed by atoms with van der Waals surface area (Å²) in [5.74, 6) is -1.16. The van der Waals surface area contributed by atoms with Gasteiger partial charge in [0.05, 0.1) is 6.54 Å². The Kier molecular flexibility index (Phi) is 23.9. The molecule has 0 heterocycles. The zero-order chi connectivity index (χ0) is 55.7. The lowest BCUT2D eigenvalue weighted by molar-refractivity contribution is -0.135. The van der Waals surface area contributed by atoms with Crippen molar-refractivity contribution in [1.82, 2.24) is 10.6 Å². The summed E-state index contributed by atoms with van der Waals surface area (Å²) in [7, 11) is 2.96. The van der Waals surface area contributed by atoms with Gasteiger partial charge in [0.1, 0.15) is 19.8 Å². The molecule has 22 heteroatoms. The summed E-state index contributed by atoms with van der Waals surface area (Å²) in [6.45, 7) is -0.264. The van der Waals surface area contributed by atoms with E-state index < -0.39 is 16.0 Å². The van der Waals surface area contributed by atoms with Crippen LogP contribution in [0.15, 0.2) is 185 Å². The summed E-state index contributed by atoms with van der Waals surface area (Å²) >= 11 is 15.9. The third-order valence-electron chi connectivity index (χ3n) is 11.0. The molecular formula is C55H44I6N2O10S4. The van der Waals surface area contributed by atoms with E-state index in [1.54, 1.807) is 36.4 Å². The fraction of sp³-hybridized carbons (Fsp3) is 0.109. The van der Waals surface area contributed by atoms with Crippen LogP contribution in [0.4, 0.5) is 9.59 Å². The van der Waals surface area contributed by atoms with Crippen LogP contribution in [0.5, 0.6) is 0 Å². The number of benzene rings is 7. The van der Waals surface area contributed by atoms with Gasteiger partial charge in [0.15, 0.2) is 18.9 Å². The summed E-state index contributed by atoms with van der Waals surface area (Å²) in [4.78, 5) is 81.4. The summed E-state index contributed by atoms with van der Waals surface area (Å²) in [5.41, 5.74) is 10.9. The van der Waals surface area contributed by atoms with Crippen LogP contribution in [0.3, 0.4) is 0 Å². The SMILES string of the molecule is IS(I)(I)(I)(I)I.O=C(O)CNC(=O)OCC1c2ccccc2-c2ccccc21.O=Cc1ccccc1SC(=O)CNC(=O)OCC1c2ccccc2-c2ccccc21.O=Cc1ccccc1SSc1ccccc1C=O. The van der Waals surface area contributed by atoms with Crippen LogP contribution in [0, 0.1) is 0 Å². The number of carbonyl (C=O) groups excluding carboxylic acids is 6. The maximum absolute atomic E-state index is 12.2. The van der Waals surface area contributed by atoms with E-state index in [0.29, 0.717) is 27.9 Å². The Bertz CT molecular complexity index is 3140. The van der Waals surface area contributed by atoms with Crippen molar-refractivity contribution in [3.63, 3.8) is 0 Å². The van der Waals surface area contributed by atoms with Gasteiger partial charge in [0.2, 0.25) is 5.12 Å². The Labute approximate surface area is 529 Å². The number of carboxylic acids is 1. The molecule has 0 fully saturated rings. The van der Waals surface area contributed by atoms with E-state index in [4.69, 9.17) is 14.6 Å². The summed E-state index contributed by atoms with van der Waals surface area (Å²) in [5, 5.41) is 12.9. The summed E-state index contributed by atoms with van der Waals surface area (Å²) in [6, 6.07) is 53.8. The minimum atomic E-state index is -1.65. The number of carboxylic acid groups (broad SMARTS) is 1. The first-order valence-electron chi connectivity index (χ1n) is 22.7. The monoisotopic (exact) mass is 1780 g/mol. The number of hydrogen-bond acceptors (Lipinski definition) is 12. The number of aliphatic carboxylic acids is 1. The lowest BCUT2D eigenvalue weighted by Gasteiger charge is -2.46. The maximum atomic E-state index is 12.2. The second-order valence-electron chi connectivity index (χ2n) is 16.2. The smallest absolute Gasteiger partial charge is 0.407 e. The molecule has 0 saturated carbocycles. The van der Waals surface area contributed by atoms with Crippen molar-refractivity contribution in [2.75, 3.05) is 26.3 Å². The van der Waals surface area contributed by atoms with Crippen molar-refractivity contribution >= 4 is 194 Å². The lowest BCUT2D eigenvalue weighted by Crippen LogP contribution is -2.30. The van der Waals surface area contributed by atoms with Crippen molar-refractivity contribution in [2.45, 2.75) is 26.5 Å². The molecule has 0 bridgehead atoms. The molecule has 12 nitrogen and oxygen atoms in total. The number of thioether (sulfide) groups is 1. The number of nitrogens with one attached hydrogen (secondary N) is 2. The number of carbonyl (C=O) groups is 7. The van der Waals surface area contributed by atoms with Crippen molar-refractivity contribution in [3.8, 4) is 22.3 Å². The highest BCUT2D eigenvalue weighted by Gasteiger charge is 2.44. The van der Waals surface area contributed by atoms with Crippen LogP contribution in [0.2, 0.25) is 0 Å². The molecule has 0 aliphatic heterocycles. The molecule has 0 atom stereocenters. The predicted molar refractivity (Wildman–Crippen MR) is 364 cm³/mol. The van der Waals surface area contributed by atoms with Gasteiger partial charge in [-0.3, -0.25) is 24.0 Å². The second kappa shape index (κ2) is 29.1. The Balaban J connectivity index is 0.000000181. The number of fused-ring (bicyclic) bond motifs is 6. The Morgan fingerprint density at radius 2 is 0.740 bits per heavy atom. The average molecular weight is 1780 g/mol. The van der Waals surface area contributed by atoms with Gasteiger partial charge in [-0.05, 0) is 65.8 Å². The third kappa shape index (κ3) is 20.8. The van der Waals surface area contributed by atoms with Crippen LogP contribution in [0.25, 0.3) is 22.3 Å². The van der Waals surface area contributed by atoms with E-state index >= 15 is 0 Å².